The maximum absolute atomic E-state index is 6.28. The van der Waals surface area contributed by atoms with Crippen LogP contribution in [0, 0.1) is 5.92 Å². The van der Waals surface area contributed by atoms with E-state index in [2.05, 4.69) is 56.6 Å². The van der Waals surface area contributed by atoms with Crippen LogP contribution in [0.3, 0.4) is 0 Å². The maximum Gasteiger partial charge on any atom is 0.165 e. The van der Waals surface area contributed by atoms with Crippen molar-refractivity contribution < 1.29 is 0 Å². The molecule has 4 N–H and O–H groups in total. The van der Waals surface area contributed by atoms with Gasteiger partial charge < -0.3 is 16.4 Å². The Kier molecular flexibility index (Phi) is 6.15. The van der Waals surface area contributed by atoms with E-state index in [4.69, 9.17) is 15.7 Å². The Morgan fingerprint density at radius 1 is 0.944 bits per heavy atom. The van der Waals surface area contributed by atoms with Gasteiger partial charge >= 0.3 is 0 Å². The molecule has 0 aliphatic carbocycles. The van der Waals surface area contributed by atoms with Gasteiger partial charge in [0.25, 0.3) is 0 Å². The summed E-state index contributed by atoms with van der Waals surface area (Å²) in [5, 5.41) is 7.03. The van der Waals surface area contributed by atoms with Crippen LogP contribution in [0.5, 0.6) is 0 Å². The van der Waals surface area contributed by atoms with Gasteiger partial charge in [0, 0.05) is 24.0 Å². The third-order valence-electron chi connectivity index (χ3n) is 6.77. The van der Waals surface area contributed by atoms with Crippen molar-refractivity contribution in [3.63, 3.8) is 0 Å². The SMILES string of the molecule is Nc1ncccc1-c1nc2ccc(-c3ccccc3)nc2n1-c1ccc(CNCC2CCNC2)cc1. The Morgan fingerprint density at radius 2 is 1.81 bits per heavy atom. The molecule has 1 fully saturated rings. The number of rotatable bonds is 7. The van der Waals surface area contributed by atoms with Crippen LogP contribution in [0.1, 0.15) is 12.0 Å². The molecule has 0 amide bonds. The van der Waals surface area contributed by atoms with Gasteiger partial charge in [-0.2, -0.15) is 0 Å². The predicted octanol–water partition coefficient (Wildman–Crippen LogP) is 4.43. The van der Waals surface area contributed by atoms with Crippen molar-refractivity contribution in [3.8, 4) is 28.3 Å². The lowest BCUT2D eigenvalue weighted by molar-refractivity contribution is 0.512. The fourth-order valence-corrected chi connectivity index (χ4v) is 4.83. The zero-order chi connectivity index (χ0) is 24.3. The molecule has 4 heterocycles. The van der Waals surface area contributed by atoms with Gasteiger partial charge in [-0.3, -0.25) is 4.57 Å². The summed E-state index contributed by atoms with van der Waals surface area (Å²) in [5.41, 5.74) is 12.8. The first kappa shape index (κ1) is 22.4. The summed E-state index contributed by atoms with van der Waals surface area (Å²) < 4.78 is 2.08. The van der Waals surface area contributed by atoms with Crippen LogP contribution < -0.4 is 16.4 Å². The molecular weight excluding hydrogens is 446 g/mol. The number of aromatic nitrogens is 4. The molecule has 0 bridgehead atoms. The number of anilines is 1. The maximum atomic E-state index is 6.28. The summed E-state index contributed by atoms with van der Waals surface area (Å²) >= 11 is 0. The largest absolute Gasteiger partial charge is 0.383 e. The van der Waals surface area contributed by atoms with Crippen molar-refractivity contribution in [3.05, 3.63) is 90.6 Å². The minimum Gasteiger partial charge on any atom is -0.383 e. The van der Waals surface area contributed by atoms with Gasteiger partial charge in [-0.25, -0.2) is 15.0 Å². The highest BCUT2D eigenvalue weighted by Crippen LogP contribution is 2.31. The smallest absolute Gasteiger partial charge is 0.165 e. The minimum atomic E-state index is 0.444. The summed E-state index contributed by atoms with van der Waals surface area (Å²) in [6, 6.07) is 26.6. The molecule has 1 aliphatic rings. The van der Waals surface area contributed by atoms with Crippen molar-refractivity contribution >= 4 is 17.0 Å². The molecule has 0 saturated carbocycles. The number of benzene rings is 2. The van der Waals surface area contributed by atoms with E-state index in [0.717, 1.165) is 71.6 Å². The highest BCUT2D eigenvalue weighted by Gasteiger charge is 2.19. The summed E-state index contributed by atoms with van der Waals surface area (Å²) in [5.74, 6) is 1.89. The number of hydrogen-bond acceptors (Lipinski definition) is 6. The Labute approximate surface area is 210 Å². The second-order valence-corrected chi connectivity index (χ2v) is 9.27. The van der Waals surface area contributed by atoms with E-state index in [9.17, 15) is 0 Å². The number of nitrogens with one attached hydrogen (secondary N) is 2. The molecule has 1 atom stereocenters. The van der Waals surface area contributed by atoms with Gasteiger partial charge in [0.2, 0.25) is 0 Å². The number of hydrogen-bond donors (Lipinski definition) is 3. The highest BCUT2D eigenvalue weighted by molar-refractivity contribution is 5.84. The molecule has 180 valence electrons. The average molecular weight is 476 g/mol. The molecule has 0 spiro atoms. The lowest BCUT2D eigenvalue weighted by Gasteiger charge is -2.13. The van der Waals surface area contributed by atoms with Gasteiger partial charge in [0.1, 0.15) is 11.3 Å². The highest BCUT2D eigenvalue weighted by atomic mass is 15.1. The summed E-state index contributed by atoms with van der Waals surface area (Å²) in [4.78, 5) is 14.3. The first-order valence-corrected chi connectivity index (χ1v) is 12.4. The number of nitrogen functional groups attached to an aromatic ring is 1. The number of imidazole rings is 1. The molecule has 2 aromatic carbocycles. The van der Waals surface area contributed by atoms with Gasteiger partial charge in [-0.15, -0.1) is 0 Å². The van der Waals surface area contributed by atoms with Gasteiger partial charge in [-0.1, -0.05) is 42.5 Å². The molecule has 3 aromatic heterocycles. The van der Waals surface area contributed by atoms with Crippen LogP contribution in [0.15, 0.2) is 85.1 Å². The van der Waals surface area contributed by atoms with Crippen molar-refractivity contribution in [2.45, 2.75) is 13.0 Å². The van der Waals surface area contributed by atoms with Crippen LogP contribution in [-0.4, -0.2) is 39.2 Å². The van der Waals surface area contributed by atoms with Crippen molar-refractivity contribution in [2.75, 3.05) is 25.4 Å². The molecule has 0 radical (unpaired) electrons. The zero-order valence-electron chi connectivity index (χ0n) is 20.1. The van der Waals surface area contributed by atoms with Crippen LogP contribution in [0.4, 0.5) is 5.82 Å². The van der Waals surface area contributed by atoms with E-state index in [0.29, 0.717) is 5.82 Å². The Morgan fingerprint density at radius 3 is 2.58 bits per heavy atom. The summed E-state index contributed by atoms with van der Waals surface area (Å²) in [6.07, 6.45) is 2.94. The average Bonchev–Trinajstić information content (AvgIpc) is 3.57. The standard InChI is InChI=1S/C29H29N7/c30-27-24(7-4-15-33-27)28-35-26-13-12-25(22-5-2-1-3-6-22)34-29(26)36(28)23-10-8-20(9-11-23)17-32-19-21-14-16-31-18-21/h1-13,15,21,31-32H,14,16-19H2,(H2,30,33). The molecule has 7 nitrogen and oxygen atoms in total. The number of nitrogens with two attached hydrogens (primary N) is 1. The van der Waals surface area contributed by atoms with Crippen LogP contribution in [0.25, 0.3) is 39.5 Å². The van der Waals surface area contributed by atoms with Gasteiger partial charge in [-0.05, 0) is 73.9 Å². The van der Waals surface area contributed by atoms with E-state index in [1.165, 1.54) is 12.0 Å². The third-order valence-corrected chi connectivity index (χ3v) is 6.77. The first-order chi connectivity index (χ1) is 17.8. The van der Waals surface area contributed by atoms with E-state index >= 15 is 0 Å². The summed E-state index contributed by atoms with van der Waals surface area (Å²) in [6.45, 7) is 4.12. The number of fused-ring (bicyclic) bond motifs is 1. The van der Waals surface area contributed by atoms with E-state index in [1.54, 1.807) is 6.20 Å². The second kappa shape index (κ2) is 9.89. The van der Waals surface area contributed by atoms with E-state index < -0.39 is 0 Å². The number of pyridine rings is 2. The van der Waals surface area contributed by atoms with E-state index in [1.807, 2.05) is 42.5 Å². The predicted molar refractivity (Wildman–Crippen MR) is 145 cm³/mol. The number of nitrogens with zero attached hydrogens (tertiary/aromatic N) is 4. The lowest BCUT2D eigenvalue weighted by Crippen LogP contribution is -2.24. The second-order valence-electron chi connectivity index (χ2n) is 9.27. The topological polar surface area (TPSA) is 93.7 Å². The van der Waals surface area contributed by atoms with Crippen LogP contribution in [-0.2, 0) is 6.54 Å². The zero-order valence-corrected chi connectivity index (χ0v) is 20.1. The molecule has 6 rings (SSSR count). The molecule has 7 heteroatoms. The molecule has 1 saturated heterocycles. The molecular formula is C29H29N7. The first-order valence-electron chi connectivity index (χ1n) is 12.4. The monoisotopic (exact) mass is 475 g/mol. The van der Waals surface area contributed by atoms with Crippen molar-refractivity contribution in [1.29, 1.82) is 0 Å². The fourth-order valence-electron chi connectivity index (χ4n) is 4.83. The molecule has 36 heavy (non-hydrogen) atoms. The van der Waals surface area contributed by atoms with Gasteiger partial charge in [0.05, 0.1) is 11.3 Å². The Hall–Kier alpha value is -4.07. The molecule has 1 aliphatic heterocycles. The van der Waals surface area contributed by atoms with Gasteiger partial charge in [0.15, 0.2) is 11.5 Å². The quantitative estimate of drug-likeness (QED) is 0.322. The Bertz CT molecular complexity index is 1470. The van der Waals surface area contributed by atoms with Crippen LogP contribution >= 0.6 is 0 Å². The normalized spacial score (nSPS) is 15.5. The van der Waals surface area contributed by atoms with Crippen molar-refractivity contribution in [2.24, 2.45) is 5.92 Å². The van der Waals surface area contributed by atoms with Crippen LogP contribution in [0.2, 0.25) is 0 Å². The molecule has 5 aromatic rings. The fraction of sp³-hybridized carbons (Fsp3) is 0.207. The molecule has 1 unspecified atom stereocenters. The lowest BCUT2D eigenvalue weighted by atomic mass is 10.1. The van der Waals surface area contributed by atoms with Crippen molar-refractivity contribution in [1.82, 2.24) is 30.2 Å². The van der Waals surface area contributed by atoms with E-state index in [-0.39, 0.29) is 0 Å². The summed E-state index contributed by atoms with van der Waals surface area (Å²) in [7, 11) is 0. The Balaban J connectivity index is 1.39. The minimum absolute atomic E-state index is 0.444. The third kappa shape index (κ3) is 4.46.